The number of hydrogen-bond donors (Lipinski definition) is 2. The van der Waals surface area contributed by atoms with E-state index in [1.807, 2.05) is 54.7 Å². The zero-order valence-corrected chi connectivity index (χ0v) is 32.8. The Bertz CT molecular complexity index is 1200. The van der Waals surface area contributed by atoms with Crippen molar-refractivity contribution in [2.45, 2.75) is 136 Å². The minimum absolute atomic E-state index is 0.104. The Kier molecular flexibility index (Phi) is 35.1. The van der Waals surface area contributed by atoms with Gasteiger partial charge in [-0.25, -0.2) is 4.57 Å². The fraction of sp³-hybridized carbons (Fsp3) is 0.535. The summed E-state index contributed by atoms with van der Waals surface area (Å²) in [5.74, 6) is -1.01. The third-order valence-electron chi connectivity index (χ3n) is 7.40. The van der Waals surface area contributed by atoms with Crippen LogP contribution in [-0.2, 0) is 28.2 Å². The van der Waals surface area contributed by atoms with Crippen LogP contribution in [0.2, 0.25) is 0 Å². The molecule has 9 heteroatoms. The first-order valence-corrected chi connectivity index (χ1v) is 20.8. The average Bonchev–Trinajstić information content (AvgIpc) is 3.11. The summed E-state index contributed by atoms with van der Waals surface area (Å²) in [6.07, 6.45) is 52.5. The summed E-state index contributed by atoms with van der Waals surface area (Å²) in [6.45, 7) is 3.40. The Morgan fingerprint density at radius 1 is 0.538 bits per heavy atom. The van der Waals surface area contributed by atoms with Gasteiger partial charge < -0.3 is 19.3 Å². The van der Waals surface area contributed by atoms with Gasteiger partial charge in [-0.15, -0.1) is 0 Å². The molecule has 0 aromatic carbocycles. The van der Waals surface area contributed by atoms with Gasteiger partial charge in [-0.05, 0) is 70.6 Å². The molecule has 0 radical (unpaired) electrons. The highest BCUT2D eigenvalue weighted by Crippen LogP contribution is 2.35. The lowest BCUT2D eigenvalue weighted by molar-refractivity contribution is -0.161. The van der Waals surface area contributed by atoms with Gasteiger partial charge >= 0.3 is 19.8 Å². The van der Waals surface area contributed by atoms with E-state index in [9.17, 15) is 14.2 Å². The van der Waals surface area contributed by atoms with Crippen molar-refractivity contribution < 1.29 is 37.9 Å². The number of hydrogen-bond acceptors (Lipinski definition) is 6. The number of esters is 2. The molecule has 0 aliphatic rings. The van der Waals surface area contributed by atoms with Gasteiger partial charge in [0.05, 0.1) is 6.61 Å². The van der Waals surface area contributed by atoms with Crippen LogP contribution in [0.5, 0.6) is 0 Å². The molecule has 292 valence electrons. The predicted molar refractivity (Wildman–Crippen MR) is 216 cm³/mol. The van der Waals surface area contributed by atoms with Gasteiger partial charge in [0, 0.05) is 12.8 Å². The van der Waals surface area contributed by atoms with Gasteiger partial charge in [0.25, 0.3) is 0 Å². The first-order valence-electron chi connectivity index (χ1n) is 19.2. The lowest BCUT2D eigenvalue weighted by atomic mass is 10.1. The Morgan fingerprint density at radius 2 is 1.02 bits per heavy atom. The van der Waals surface area contributed by atoms with Crippen molar-refractivity contribution in [3.63, 3.8) is 0 Å². The highest BCUT2D eigenvalue weighted by Gasteiger charge is 2.22. The van der Waals surface area contributed by atoms with E-state index in [0.717, 1.165) is 57.8 Å². The molecule has 0 saturated carbocycles. The summed E-state index contributed by atoms with van der Waals surface area (Å²) < 4.78 is 26.2. The second-order valence-electron chi connectivity index (χ2n) is 12.3. The standard InChI is InChI=1S/C43H67O8P/c1-3-5-7-9-11-13-15-17-18-19-20-21-22-23-24-26-27-29-31-33-35-37-42(44)49-39-41(40-50-52(46,47)48)51-43(45)38-36-34-32-30-28-25-16-14-12-10-8-6-4-2/h6,8,10-14,16-18,20-21,23-25,28,30,32,41H,3-5,7,9,15,19,22,26-27,29,31,33-40H2,1-2H3,(H2,46,47,48)/b8-6+,12-10+,13-11+,16-14+,18-17+,21-20+,24-23+,28-25+,32-30+. The minimum atomic E-state index is -4.78. The highest BCUT2D eigenvalue weighted by atomic mass is 31.2. The maximum absolute atomic E-state index is 12.3. The summed E-state index contributed by atoms with van der Waals surface area (Å²) in [7, 11) is -4.78. The van der Waals surface area contributed by atoms with Crippen molar-refractivity contribution in [2.75, 3.05) is 13.2 Å². The van der Waals surface area contributed by atoms with Crippen molar-refractivity contribution in [3.05, 3.63) is 109 Å². The molecule has 1 atom stereocenters. The van der Waals surface area contributed by atoms with Crippen molar-refractivity contribution in [2.24, 2.45) is 0 Å². The molecular formula is C43H67O8P. The second-order valence-corrected chi connectivity index (χ2v) is 13.5. The third-order valence-corrected chi connectivity index (χ3v) is 7.89. The Balaban J connectivity index is 4.10. The summed E-state index contributed by atoms with van der Waals surface area (Å²) >= 11 is 0. The number of unbranched alkanes of at least 4 members (excludes halogenated alkanes) is 9. The van der Waals surface area contributed by atoms with Gasteiger partial charge in [-0.1, -0.05) is 155 Å². The molecule has 0 bridgehead atoms. The summed E-state index contributed by atoms with van der Waals surface area (Å²) in [5, 5.41) is 0. The number of rotatable bonds is 33. The van der Waals surface area contributed by atoms with Gasteiger partial charge in [-0.2, -0.15) is 0 Å². The Morgan fingerprint density at radius 3 is 1.60 bits per heavy atom. The lowest BCUT2D eigenvalue weighted by Crippen LogP contribution is -2.29. The number of carbonyl (C=O) groups is 2. The lowest BCUT2D eigenvalue weighted by Gasteiger charge is -2.18. The van der Waals surface area contributed by atoms with Crippen LogP contribution in [0.15, 0.2) is 109 Å². The fourth-order valence-corrected chi connectivity index (χ4v) is 4.92. The van der Waals surface area contributed by atoms with Crippen LogP contribution in [0.25, 0.3) is 0 Å². The average molecular weight is 743 g/mol. The van der Waals surface area contributed by atoms with E-state index in [1.165, 1.54) is 25.7 Å². The largest absolute Gasteiger partial charge is 0.469 e. The molecule has 0 heterocycles. The molecule has 0 aromatic heterocycles. The molecule has 0 fully saturated rings. The molecule has 0 rings (SSSR count). The topological polar surface area (TPSA) is 119 Å². The van der Waals surface area contributed by atoms with Crippen LogP contribution >= 0.6 is 7.82 Å². The van der Waals surface area contributed by atoms with E-state index in [0.29, 0.717) is 19.3 Å². The maximum Gasteiger partial charge on any atom is 0.469 e. The van der Waals surface area contributed by atoms with E-state index >= 15 is 0 Å². The van der Waals surface area contributed by atoms with Gasteiger partial charge in [-0.3, -0.25) is 14.1 Å². The number of allylic oxidation sites excluding steroid dienone is 18. The SMILES string of the molecule is CC/C=C/C=C/C=C/C=C/C=C/CCCC(=O)OC(COC(=O)CCCCCCC/C=C/C/C=C/C/C=C/C/C=C/CCCCC)COP(=O)(O)O. The first-order chi connectivity index (χ1) is 25.3. The molecule has 0 spiro atoms. The van der Waals surface area contributed by atoms with E-state index in [2.05, 4.69) is 73.1 Å². The maximum atomic E-state index is 12.3. The summed E-state index contributed by atoms with van der Waals surface area (Å²) in [5.41, 5.74) is 0. The van der Waals surface area contributed by atoms with Crippen LogP contribution in [0, 0.1) is 0 Å². The van der Waals surface area contributed by atoms with E-state index in [4.69, 9.17) is 19.3 Å². The highest BCUT2D eigenvalue weighted by molar-refractivity contribution is 7.46. The second kappa shape index (κ2) is 37.5. The van der Waals surface area contributed by atoms with Gasteiger partial charge in [0.2, 0.25) is 0 Å². The normalized spacial score (nSPS) is 13.7. The first kappa shape index (κ1) is 48.7. The van der Waals surface area contributed by atoms with Crippen LogP contribution in [0.4, 0.5) is 0 Å². The quantitative estimate of drug-likeness (QED) is 0.0224. The van der Waals surface area contributed by atoms with E-state index in [1.54, 1.807) is 0 Å². The van der Waals surface area contributed by atoms with Crippen LogP contribution in [-0.4, -0.2) is 41.0 Å². The summed E-state index contributed by atoms with van der Waals surface area (Å²) in [4.78, 5) is 42.7. The predicted octanol–water partition coefficient (Wildman–Crippen LogP) is 11.6. The monoisotopic (exact) mass is 742 g/mol. The molecule has 0 aromatic rings. The summed E-state index contributed by atoms with van der Waals surface area (Å²) in [6, 6.07) is 0. The molecule has 1 unspecified atom stereocenters. The third kappa shape index (κ3) is 39.5. The fourth-order valence-electron chi connectivity index (χ4n) is 4.56. The molecule has 2 N–H and O–H groups in total. The molecule has 0 aliphatic carbocycles. The smallest absolute Gasteiger partial charge is 0.462 e. The molecule has 8 nitrogen and oxygen atoms in total. The number of phosphoric ester groups is 1. The minimum Gasteiger partial charge on any atom is -0.462 e. The van der Waals surface area contributed by atoms with E-state index < -0.39 is 32.5 Å². The number of ether oxygens (including phenoxy) is 2. The zero-order valence-electron chi connectivity index (χ0n) is 31.9. The van der Waals surface area contributed by atoms with Crippen LogP contribution in [0.1, 0.15) is 129 Å². The number of phosphoric acid groups is 1. The van der Waals surface area contributed by atoms with Crippen LogP contribution in [0.3, 0.4) is 0 Å². The van der Waals surface area contributed by atoms with Crippen LogP contribution < -0.4 is 0 Å². The van der Waals surface area contributed by atoms with Gasteiger partial charge in [0.1, 0.15) is 6.61 Å². The van der Waals surface area contributed by atoms with Crippen molar-refractivity contribution >= 4 is 19.8 Å². The Hall–Kier alpha value is -3.29. The molecule has 52 heavy (non-hydrogen) atoms. The van der Waals surface area contributed by atoms with Gasteiger partial charge in [0.15, 0.2) is 6.10 Å². The van der Waals surface area contributed by atoms with E-state index in [-0.39, 0.29) is 19.4 Å². The zero-order chi connectivity index (χ0) is 38.2. The molecule has 0 aliphatic heterocycles. The molecule has 0 saturated heterocycles. The number of carbonyl (C=O) groups excluding carboxylic acids is 2. The van der Waals surface area contributed by atoms with Crippen molar-refractivity contribution in [1.82, 2.24) is 0 Å². The molecular weight excluding hydrogens is 675 g/mol. The Labute approximate surface area is 315 Å². The van der Waals surface area contributed by atoms with Crippen molar-refractivity contribution in [3.8, 4) is 0 Å². The molecule has 0 amide bonds. The van der Waals surface area contributed by atoms with Crippen molar-refractivity contribution in [1.29, 1.82) is 0 Å².